The summed E-state index contributed by atoms with van der Waals surface area (Å²) in [5, 5.41) is 6.87. The fourth-order valence-corrected chi connectivity index (χ4v) is 4.02. The lowest BCUT2D eigenvalue weighted by Gasteiger charge is -2.04. The molecule has 0 unspecified atom stereocenters. The lowest BCUT2D eigenvalue weighted by atomic mass is 10.0. The Labute approximate surface area is 143 Å². The number of fused-ring (bicyclic) bond motifs is 2. The topological polar surface area (TPSA) is 13.1 Å². The minimum absolute atomic E-state index is 0.950. The van der Waals surface area contributed by atoms with Crippen molar-refractivity contribution in [3.8, 4) is 22.0 Å². The molecule has 2 aromatic heterocycles. The van der Waals surface area contributed by atoms with Crippen molar-refractivity contribution >= 4 is 32.9 Å². The SMILES string of the molecule is c1csc(-c2oc(-c3cccc4ccccc34)c3ccccc23)c1. The van der Waals surface area contributed by atoms with E-state index in [2.05, 4.69) is 84.2 Å². The van der Waals surface area contributed by atoms with Crippen LogP contribution in [0.5, 0.6) is 0 Å². The lowest BCUT2D eigenvalue weighted by Crippen LogP contribution is -1.79. The fourth-order valence-electron chi connectivity index (χ4n) is 3.31. The van der Waals surface area contributed by atoms with E-state index in [1.54, 1.807) is 11.3 Å². The number of hydrogen-bond acceptors (Lipinski definition) is 2. The Balaban J connectivity index is 1.87. The van der Waals surface area contributed by atoms with E-state index < -0.39 is 0 Å². The molecule has 2 heteroatoms. The van der Waals surface area contributed by atoms with Gasteiger partial charge in [0.05, 0.1) is 4.88 Å². The minimum atomic E-state index is 0.950. The lowest BCUT2D eigenvalue weighted by molar-refractivity contribution is 0.604. The van der Waals surface area contributed by atoms with Crippen LogP contribution in [0.2, 0.25) is 0 Å². The molecule has 2 heterocycles. The molecule has 0 amide bonds. The Kier molecular flexibility index (Phi) is 3.03. The van der Waals surface area contributed by atoms with Crippen molar-refractivity contribution < 1.29 is 4.42 Å². The van der Waals surface area contributed by atoms with Gasteiger partial charge in [0.25, 0.3) is 0 Å². The van der Waals surface area contributed by atoms with Crippen LogP contribution in [0, 0.1) is 0 Å². The molecule has 0 saturated carbocycles. The molecule has 5 aromatic rings. The van der Waals surface area contributed by atoms with E-state index in [1.807, 2.05) is 0 Å². The van der Waals surface area contributed by atoms with Crippen LogP contribution < -0.4 is 0 Å². The quantitative estimate of drug-likeness (QED) is 0.341. The number of benzene rings is 3. The van der Waals surface area contributed by atoms with Crippen LogP contribution in [-0.2, 0) is 0 Å². The molecule has 0 bridgehead atoms. The van der Waals surface area contributed by atoms with Gasteiger partial charge in [0, 0.05) is 16.3 Å². The molecular weight excluding hydrogens is 312 g/mol. The second-order valence-corrected chi connectivity index (χ2v) is 6.76. The van der Waals surface area contributed by atoms with Crippen LogP contribution in [0.3, 0.4) is 0 Å². The molecule has 3 aromatic carbocycles. The molecule has 0 N–H and O–H groups in total. The number of rotatable bonds is 2. The summed E-state index contributed by atoms with van der Waals surface area (Å²) in [4.78, 5) is 1.16. The summed E-state index contributed by atoms with van der Waals surface area (Å²) in [6.07, 6.45) is 0. The van der Waals surface area contributed by atoms with Crippen LogP contribution in [0.15, 0.2) is 88.7 Å². The van der Waals surface area contributed by atoms with Gasteiger partial charge in [-0.15, -0.1) is 11.3 Å². The molecule has 114 valence electrons. The highest BCUT2D eigenvalue weighted by atomic mass is 32.1. The van der Waals surface area contributed by atoms with Crippen molar-refractivity contribution in [3.63, 3.8) is 0 Å². The molecule has 24 heavy (non-hydrogen) atoms. The van der Waals surface area contributed by atoms with E-state index >= 15 is 0 Å². The molecule has 5 rings (SSSR count). The normalized spacial score (nSPS) is 11.3. The maximum Gasteiger partial charge on any atom is 0.152 e. The van der Waals surface area contributed by atoms with Crippen molar-refractivity contribution in [1.82, 2.24) is 0 Å². The number of hydrogen-bond donors (Lipinski definition) is 0. The molecule has 1 nitrogen and oxygen atoms in total. The Morgan fingerprint density at radius 3 is 2.08 bits per heavy atom. The monoisotopic (exact) mass is 326 g/mol. The summed E-state index contributed by atoms with van der Waals surface area (Å²) in [5.74, 6) is 1.91. The first-order valence-electron chi connectivity index (χ1n) is 7.95. The maximum absolute atomic E-state index is 6.41. The van der Waals surface area contributed by atoms with Gasteiger partial charge in [0.1, 0.15) is 5.76 Å². The third-order valence-electron chi connectivity index (χ3n) is 4.40. The number of furan rings is 1. The predicted octanol–water partition coefficient (Wildman–Crippen LogP) is 6.98. The molecule has 0 aliphatic heterocycles. The summed E-state index contributed by atoms with van der Waals surface area (Å²) < 4.78 is 6.41. The number of thiophene rings is 1. The van der Waals surface area contributed by atoms with Crippen molar-refractivity contribution in [2.45, 2.75) is 0 Å². The molecule has 0 aliphatic carbocycles. The fraction of sp³-hybridized carbons (Fsp3) is 0. The zero-order valence-electron chi connectivity index (χ0n) is 12.9. The van der Waals surface area contributed by atoms with E-state index in [0.29, 0.717) is 0 Å². The van der Waals surface area contributed by atoms with Crippen molar-refractivity contribution in [2.75, 3.05) is 0 Å². The van der Waals surface area contributed by atoms with E-state index in [9.17, 15) is 0 Å². The predicted molar refractivity (Wildman–Crippen MR) is 102 cm³/mol. The molecule has 0 atom stereocenters. The third kappa shape index (κ3) is 2.00. The standard InChI is InChI=1S/C22H14OS/c1-2-9-16-15(7-1)8-5-12-17(16)21-18-10-3-4-11-19(18)22(23-21)20-13-6-14-24-20/h1-14H. The van der Waals surface area contributed by atoms with Crippen LogP contribution in [0.4, 0.5) is 0 Å². The zero-order valence-corrected chi connectivity index (χ0v) is 13.7. The smallest absolute Gasteiger partial charge is 0.152 e. The maximum atomic E-state index is 6.41. The third-order valence-corrected chi connectivity index (χ3v) is 5.27. The van der Waals surface area contributed by atoms with Gasteiger partial charge in [-0.3, -0.25) is 0 Å². The Hall–Kier alpha value is -2.84. The first-order chi connectivity index (χ1) is 11.9. The van der Waals surface area contributed by atoms with Gasteiger partial charge in [-0.25, -0.2) is 0 Å². The highest BCUT2D eigenvalue weighted by molar-refractivity contribution is 7.13. The van der Waals surface area contributed by atoms with Gasteiger partial charge in [0.2, 0.25) is 0 Å². The summed E-state index contributed by atoms with van der Waals surface area (Å²) >= 11 is 1.71. The average molecular weight is 326 g/mol. The van der Waals surface area contributed by atoms with E-state index in [0.717, 1.165) is 27.3 Å². The first kappa shape index (κ1) is 13.6. The Morgan fingerprint density at radius 1 is 0.583 bits per heavy atom. The van der Waals surface area contributed by atoms with Crippen molar-refractivity contribution in [2.24, 2.45) is 0 Å². The minimum Gasteiger partial charge on any atom is -0.454 e. The second-order valence-electron chi connectivity index (χ2n) is 5.81. The van der Waals surface area contributed by atoms with Crippen LogP contribution in [0.1, 0.15) is 0 Å². The molecular formula is C22H14OS. The van der Waals surface area contributed by atoms with Crippen LogP contribution in [-0.4, -0.2) is 0 Å². The summed E-state index contributed by atoms with van der Waals surface area (Å²) in [7, 11) is 0. The molecule has 0 spiro atoms. The van der Waals surface area contributed by atoms with Gasteiger partial charge in [-0.1, -0.05) is 72.8 Å². The summed E-state index contributed by atoms with van der Waals surface area (Å²) in [5.41, 5.74) is 1.15. The zero-order chi connectivity index (χ0) is 15.9. The van der Waals surface area contributed by atoms with E-state index in [1.165, 1.54) is 16.2 Å². The largest absolute Gasteiger partial charge is 0.454 e. The van der Waals surface area contributed by atoms with Gasteiger partial charge in [-0.2, -0.15) is 0 Å². The van der Waals surface area contributed by atoms with Gasteiger partial charge in [-0.05, 0) is 22.2 Å². The van der Waals surface area contributed by atoms with Crippen LogP contribution in [0.25, 0.3) is 43.5 Å². The summed E-state index contributed by atoms with van der Waals surface area (Å²) in [6, 6.07) is 27.5. The average Bonchev–Trinajstić information content (AvgIpc) is 3.29. The van der Waals surface area contributed by atoms with Gasteiger partial charge in [0.15, 0.2) is 5.76 Å². The highest BCUT2D eigenvalue weighted by Crippen LogP contribution is 2.42. The van der Waals surface area contributed by atoms with Gasteiger partial charge >= 0.3 is 0 Å². The highest BCUT2D eigenvalue weighted by Gasteiger charge is 2.17. The molecule has 0 radical (unpaired) electrons. The molecule has 0 fully saturated rings. The second kappa shape index (κ2) is 5.36. The Bertz CT molecular complexity index is 1140. The van der Waals surface area contributed by atoms with E-state index in [4.69, 9.17) is 4.42 Å². The first-order valence-corrected chi connectivity index (χ1v) is 8.83. The summed E-state index contributed by atoms with van der Waals surface area (Å²) in [6.45, 7) is 0. The Morgan fingerprint density at radius 2 is 1.29 bits per heavy atom. The van der Waals surface area contributed by atoms with Crippen LogP contribution >= 0.6 is 11.3 Å². The van der Waals surface area contributed by atoms with Gasteiger partial charge < -0.3 is 4.42 Å². The molecule has 0 aliphatic rings. The van der Waals surface area contributed by atoms with Crippen molar-refractivity contribution in [1.29, 1.82) is 0 Å². The van der Waals surface area contributed by atoms with E-state index in [-0.39, 0.29) is 0 Å². The molecule has 0 saturated heterocycles. The van der Waals surface area contributed by atoms with Crippen molar-refractivity contribution in [3.05, 3.63) is 84.2 Å².